The summed E-state index contributed by atoms with van der Waals surface area (Å²) in [6.45, 7) is 4.21. The van der Waals surface area contributed by atoms with Crippen LogP contribution in [0.4, 0.5) is 4.39 Å². The van der Waals surface area contributed by atoms with Crippen LogP contribution in [-0.2, 0) is 9.59 Å². The summed E-state index contributed by atoms with van der Waals surface area (Å²) >= 11 is 0. The van der Waals surface area contributed by atoms with Crippen LogP contribution in [0.1, 0.15) is 31.9 Å². The highest BCUT2D eigenvalue weighted by Gasteiger charge is 2.42. The molecule has 3 atom stereocenters. The molecular weight excluding hydrogens is 273 g/mol. The number of nitrogens with zero attached hydrogens (tertiary/aromatic N) is 1. The quantitative estimate of drug-likeness (QED) is 0.847. The first-order valence-electron chi connectivity index (χ1n) is 7.15. The lowest BCUT2D eigenvalue weighted by molar-refractivity contribution is -0.146. The molecule has 1 aliphatic rings. The molecule has 0 aliphatic carbocycles. The van der Waals surface area contributed by atoms with Gasteiger partial charge in [0.25, 0.3) is 0 Å². The maximum Gasteiger partial charge on any atom is 0.321 e. The zero-order valence-corrected chi connectivity index (χ0v) is 12.2. The third-order valence-electron chi connectivity index (χ3n) is 4.09. The Morgan fingerprint density at radius 3 is 2.71 bits per heavy atom. The lowest BCUT2D eigenvalue weighted by Crippen LogP contribution is -2.45. The number of aliphatic carboxylic acids is 1. The van der Waals surface area contributed by atoms with Crippen LogP contribution in [0.25, 0.3) is 0 Å². The van der Waals surface area contributed by atoms with Gasteiger partial charge in [0.1, 0.15) is 18.1 Å². The first kappa shape index (κ1) is 15.6. The van der Waals surface area contributed by atoms with Crippen LogP contribution in [0.2, 0.25) is 0 Å². The molecule has 1 saturated heterocycles. The van der Waals surface area contributed by atoms with E-state index < -0.39 is 12.0 Å². The van der Waals surface area contributed by atoms with Crippen LogP contribution in [0, 0.1) is 17.7 Å². The monoisotopic (exact) mass is 293 g/mol. The average molecular weight is 293 g/mol. The number of carbonyl (C=O) groups is 2. The summed E-state index contributed by atoms with van der Waals surface area (Å²) < 4.78 is 13.5. The fourth-order valence-corrected chi connectivity index (χ4v) is 3.23. The van der Waals surface area contributed by atoms with E-state index in [0.717, 1.165) is 6.29 Å². The highest BCUT2D eigenvalue weighted by Crippen LogP contribution is 2.39. The molecule has 0 spiro atoms. The van der Waals surface area contributed by atoms with Crippen LogP contribution in [0.15, 0.2) is 24.3 Å². The largest absolute Gasteiger partial charge is 0.480 e. The molecule has 0 unspecified atom stereocenters. The molecule has 0 saturated carbocycles. The van der Waals surface area contributed by atoms with Gasteiger partial charge in [0.2, 0.25) is 0 Å². The highest BCUT2D eigenvalue weighted by atomic mass is 19.1. The molecule has 21 heavy (non-hydrogen) atoms. The Morgan fingerprint density at radius 2 is 2.19 bits per heavy atom. The normalized spacial score (nSPS) is 24.2. The van der Waals surface area contributed by atoms with E-state index in [1.165, 1.54) is 12.1 Å². The third kappa shape index (κ3) is 3.13. The van der Waals surface area contributed by atoms with Crippen LogP contribution >= 0.6 is 0 Å². The molecule has 1 heterocycles. The lowest BCUT2D eigenvalue weighted by atomic mass is 9.92. The number of likely N-dealkylation sites (tertiary alicyclic amines) is 1. The molecule has 4 nitrogen and oxygen atoms in total. The van der Waals surface area contributed by atoms with E-state index in [0.29, 0.717) is 18.5 Å². The van der Waals surface area contributed by atoms with E-state index in [-0.39, 0.29) is 23.7 Å². The summed E-state index contributed by atoms with van der Waals surface area (Å²) in [5, 5.41) is 9.48. The van der Waals surface area contributed by atoms with Crippen molar-refractivity contribution in [1.82, 2.24) is 4.90 Å². The molecule has 114 valence electrons. The van der Waals surface area contributed by atoms with E-state index >= 15 is 0 Å². The van der Waals surface area contributed by atoms with E-state index in [9.17, 15) is 19.1 Å². The van der Waals surface area contributed by atoms with Crippen molar-refractivity contribution in [3.05, 3.63) is 35.6 Å². The van der Waals surface area contributed by atoms with Crippen molar-refractivity contribution in [2.24, 2.45) is 11.8 Å². The maximum atomic E-state index is 13.5. The summed E-state index contributed by atoms with van der Waals surface area (Å²) in [7, 11) is 0. The number of aldehydes is 1. The first-order valence-corrected chi connectivity index (χ1v) is 7.15. The van der Waals surface area contributed by atoms with Gasteiger partial charge in [-0.25, -0.2) is 4.39 Å². The molecule has 0 bridgehead atoms. The summed E-state index contributed by atoms with van der Waals surface area (Å²) in [5.74, 6) is -1.67. The Balaban J connectivity index is 2.40. The number of hydrogen-bond acceptors (Lipinski definition) is 3. The summed E-state index contributed by atoms with van der Waals surface area (Å²) in [4.78, 5) is 24.7. The third-order valence-corrected chi connectivity index (χ3v) is 4.09. The van der Waals surface area contributed by atoms with Crippen molar-refractivity contribution in [3.63, 3.8) is 0 Å². The molecule has 5 heteroatoms. The van der Waals surface area contributed by atoms with Crippen molar-refractivity contribution in [2.45, 2.75) is 32.4 Å². The van der Waals surface area contributed by atoms with Crippen LogP contribution in [0.3, 0.4) is 0 Å². The number of carbonyl (C=O) groups excluding carboxylic acids is 1. The maximum absolute atomic E-state index is 13.5. The molecule has 1 fully saturated rings. The molecule has 1 aromatic rings. The summed E-state index contributed by atoms with van der Waals surface area (Å²) in [6.07, 6.45) is 1.45. The molecule has 1 N–H and O–H groups in total. The minimum Gasteiger partial charge on any atom is -0.480 e. The second-order valence-electron chi connectivity index (χ2n) is 5.85. The number of hydrogen-bond donors (Lipinski definition) is 1. The van der Waals surface area contributed by atoms with Crippen molar-refractivity contribution < 1.29 is 19.1 Å². The average Bonchev–Trinajstić information content (AvgIpc) is 2.81. The number of carboxylic acids is 1. The molecule has 2 rings (SSSR count). The number of benzene rings is 1. The number of halogens is 1. The van der Waals surface area contributed by atoms with Crippen LogP contribution in [-0.4, -0.2) is 34.8 Å². The van der Waals surface area contributed by atoms with Crippen molar-refractivity contribution in [1.29, 1.82) is 0 Å². The second-order valence-corrected chi connectivity index (χ2v) is 5.85. The smallest absolute Gasteiger partial charge is 0.321 e. The lowest BCUT2D eigenvalue weighted by Gasteiger charge is -2.34. The Morgan fingerprint density at radius 1 is 1.48 bits per heavy atom. The van der Waals surface area contributed by atoms with E-state index in [1.807, 2.05) is 18.7 Å². The van der Waals surface area contributed by atoms with Crippen LogP contribution < -0.4 is 0 Å². The van der Waals surface area contributed by atoms with Crippen molar-refractivity contribution >= 4 is 12.3 Å². The van der Waals surface area contributed by atoms with Gasteiger partial charge >= 0.3 is 5.97 Å². The van der Waals surface area contributed by atoms with Gasteiger partial charge in [0, 0.05) is 18.5 Å². The molecule has 1 aromatic carbocycles. The zero-order chi connectivity index (χ0) is 15.6. The Labute approximate surface area is 123 Å². The van der Waals surface area contributed by atoms with Gasteiger partial charge in [-0.15, -0.1) is 0 Å². The number of rotatable bonds is 5. The minimum atomic E-state index is -0.905. The summed E-state index contributed by atoms with van der Waals surface area (Å²) in [6, 6.07) is 5.02. The van der Waals surface area contributed by atoms with E-state index in [1.54, 1.807) is 12.1 Å². The van der Waals surface area contributed by atoms with Crippen molar-refractivity contribution in [3.8, 4) is 0 Å². The van der Waals surface area contributed by atoms with Gasteiger partial charge in [0.05, 0.1) is 0 Å². The van der Waals surface area contributed by atoms with Crippen LogP contribution in [0.5, 0.6) is 0 Å². The second kappa shape index (κ2) is 6.35. The molecule has 1 aliphatic heterocycles. The Hall–Kier alpha value is -1.75. The number of carboxylic acid groups (broad SMARTS) is 1. The fourth-order valence-electron chi connectivity index (χ4n) is 3.23. The van der Waals surface area contributed by atoms with Gasteiger partial charge in [0.15, 0.2) is 0 Å². The Bertz CT molecular complexity index is 532. The van der Waals surface area contributed by atoms with Gasteiger partial charge in [-0.05, 0) is 30.0 Å². The highest BCUT2D eigenvalue weighted by molar-refractivity contribution is 5.74. The van der Waals surface area contributed by atoms with Crippen molar-refractivity contribution in [2.75, 3.05) is 6.54 Å². The SMILES string of the molecule is CC(C)[C@H](C(=O)O)N1CC[C@@H](C=O)[C@H]1c1cccc(F)c1. The predicted octanol–water partition coefficient (Wildman–Crippen LogP) is 2.50. The predicted molar refractivity (Wildman–Crippen MR) is 76.3 cm³/mol. The molecular formula is C16H20FNO3. The van der Waals surface area contributed by atoms with Gasteiger partial charge in [-0.2, -0.15) is 0 Å². The fraction of sp³-hybridized carbons (Fsp3) is 0.500. The van der Waals surface area contributed by atoms with E-state index in [2.05, 4.69) is 0 Å². The minimum absolute atomic E-state index is 0.0936. The zero-order valence-electron chi connectivity index (χ0n) is 12.2. The first-order chi connectivity index (χ1) is 9.95. The van der Waals surface area contributed by atoms with Gasteiger partial charge in [-0.1, -0.05) is 26.0 Å². The topological polar surface area (TPSA) is 57.6 Å². The molecule has 0 radical (unpaired) electrons. The standard InChI is InChI=1S/C16H20FNO3/c1-10(2)14(16(20)21)18-7-6-12(9-19)15(18)11-4-3-5-13(17)8-11/h3-5,8-10,12,14-15H,6-7H2,1-2H3,(H,20,21)/t12-,14+,15+/m0/s1. The van der Waals surface area contributed by atoms with Gasteiger partial charge in [-0.3, -0.25) is 9.69 Å². The Kier molecular flexibility index (Phi) is 4.73. The molecule has 0 aromatic heterocycles. The summed E-state index contributed by atoms with van der Waals surface area (Å²) in [5.41, 5.74) is 0.663. The van der Waals surface area contributed by atoms with Gasteiger partial charge < -0.3 is 9.90 Å². The molecule has 0 amide bonds. The van der Waals surface area contributed by atoms with E-state index in [4.69, 9.17) is 0 Å².